The van der Waals surface area contributed by atoms with Crippen LogP contribution >= 0.6 is 58.0 Å². The molecule has 0 saturated carbocycles. The maximum Gasteiger partial charge on any atom is 0.514 e. The lowest BCUT2D eigenvalue weighted by Crippen LogP contribution is -2.20. The van der Waals surface area contributed by atoms with Gasteiger partial charge in [-0.3, -0.25) is 4.79 Å². The van der Waals surface area contributed by atoms with Gasteiger partial charge in [0.15, 0.2) is 12.0 Å². The first-order valence-corrected chi connectivity index (χ1v) is 6.47. The minimum atomic E-state index is -1.77. The van der Waals surface area contributed by atoms with Crippen LogP contribution in [0.25, 0.3) is 0 Å². The van der Waals surface area contributed by atoms with E-state index in [1.807, 2.05) is 0 Å². The summed E-state index contributed by atoms with van der Waals surface area (Å²) >= 11 is 27.7. The van der Waals surface area contributed by atoms with E-state index in [0.29, 0.717) is 6.29 Å². The molecule has 0 bridgehead atoms. The van der Waals surface area contributed by atoms with E-state index in [2.05, 4.69) is 4.74 Å². The van der Waals surface area contributed by atoms with Crippen molar-refractivity contribution in [3.63, 3.8) is 0 Å². The summed E-state index contributed by atoms with van der Waals surface area (Å²) in [6.45, 7) is -0.516. The topological polar surface area (TPSA) is 52.6 Å². The van der Waals surface area contributed by atoms with Crippen molar-refractivity contribution >= 4 is 70.4 Å². The molecule has 0 amide bonds. The predicted octanol–water partition coefficient (Wildman–Crippen LogP) is 4.69. The van der Waals surface area contributed by atoms with Gasteiger partial charge in [0, 0.05) is 5.02 Å². The summed E-state index contributed by atoms with van der Waals surface area (Å²) < 4.78 is 7.52. The molecule has 0 spiro atoms. The van der Waals surface area contributed by atoms with E-state index in [9.17, 15) is 9.59 Å². The van der Waals surface area contributed by atoms with Crippen molar-refractivity contribution in [2.45, 2.75) is 3.79 Å². The van der Waals surface area contributed by atoms with Crippen molar-refractivity contribution in [2.24, 2.45) is 0 Å². The van der Waals surface area contributed by atoms with Crippen molar-refractivity contribution < 1.29 is 19.1 Å². The van der Waals surface area contributed by atoms with Crippen LogP contribution in [0.5, 0.6) is 5.75 Å². The molecular formula is C10H5Cl5O4. The summed E-state index contributed by atoms with van der Waals surface area (Å²) in [6, 6.07) is 2.58. The van der Waals surface area contributed by atoms with Gasteiger partial charge >= 0.3 is 6.16 Å². The first kappa shape index (κ1) is 16.7. The van der Waals surface area contributed by atoms with Crippen molar-refractivity contribution in [2.75, 3.05) is 6.61 Å². The van der Waals surface area contributed by atoms with Crippen LogP contribution in [0.1, 0.15) is 10.4 Å². The highest BCUT2D eigenvalue weighted by molar-refractivity contribution is 6.67. The number of rotatable bonds is 3. The molecule has 0 saturated heterocycles. The van der Waals surface area contributed by atoms with Gasteiger partial charge in [-0.1, -0.05) is 58.0 Å². The maximum atomic E-state index is 11.3. The highest BCUT2D eigenvalue weighted by Crippen LogP contribution is 2.32. The zero-order chi connectivity index (χ0) is 14.6. The summed E-state index contributed by atoms with van der Waals surface area (Å²) in [6.07, 6.45) is -0.742. The third-order valence-corrected chi connectivity index (χ3v) is 2.53. The van der Waals surface area contributed by atoms with Crippen LogP contribution in [-0.4, -0.2) is 22.8 Å². The lowest BCUT2D eigenvalue weighted by atomic mass is 10.2. The lowest BCUT2D eigenvalue weighted by Gasteiger charge is -2.12. The minimum absolute atomic E-state index is 0.0108. The monoisotopic (exact) mass is 364 g/mol. The SMILES string of the molecule is O=Cc1cc(Cl)cc(Cl)c1OC(=O)OCC(Cl)(Cl)Cl. The lowest BCUT2D eigenvalue weighted by molar-refractivity contribution is 0.0999. The molecule has 4 nitrogen and oxygen atoms in total. The summed E-state index contributed by atoms with van der Waals surface area (Å²) in [5.41, 5.74) is -0.0108. The summed E-state index contributed by atoms with van der Waals surface area (Å²) in [4.78, 5) is 22.2. The molecule has 19 heavy (non-hydrogen) atoms. The average Bonchev–Trinajstić information content (AvgIpc) is 2.28. The first-order valence-electron chi connectivity index (χ1n) is 4.58. The third kappa shape index (κ3) is 5.63. The van der Waals surface area contributed by atoms with Gasteiger partial charge in [-0.05, 0) is 12.1 Å². The number of alkyl halides is 3. The molecular weight excluding hydrogens is 361 g/mol. The molecule has 0 atom stereocenters. The molecule has 1 rings (SSSR count). The van der Waals surface area contributed by atoms with Gasteiger partial charge in [-0.15, -0.1) is 0 Å². The Labute approximate surface area is 133 Å². The predicted molar refractivity (Wildman–Crippen MR) is 74.1 cm³/mol. The summed E-state index contributed by atoms with van der Waals surface area (Å²) in [5.74, 6) is -0.185. The van der Waals surface area contributed by atoms with Crippen LogP contribution in [0.4, 0.5) is 4.79 Å². The van der Waals surface area contributed by atoms with E-state index >= 15 is 0 Å². The number of carbonyl (C=O) groups excluding carboxylic acids is 2. The van der Waals surface area contributed by atoms with Gasteiger partial charge in [0.1, 0.15) is 6.61 Å². The fourth-order valence-corrected chi connectivity index (χ4v) is 1.74. The smallest absolute Gasteiger partial charge is 0.429 e. The van der Waals surface area contributed by atoms with Crippen molar-refractivity contribution in [3.05, 3.63) is 27.7 Å². The second-order valence-electron chi connectivity index (χ2n) is 3.18. The number of aldehydes is 1. The minimum Gasteiger partial charge on any atom is -0.429 e. The van der Waals surface area contributed by atoms with Gasteiger partial charge in [0.25, 0.3) is 0 Å². The molecule has 0 N–H and O–H groups in total. The average molecular weight is 366 g/mol. The van der Waals surface area contributed by atoms with Gasteiger partial charge in [0.2, 0.25) is 3.79 Å². The Bertz CT molecular complexity index is 497. The molecule has 104 valence electrons. The maximum absolute atomic E-state index is 11.3. The number of carbonyl (C=O) groups is 2. The van der Waals surface area contributed by atoms with Gasteiger partial charge < -0.3 is 9.47 Å². The Morgan fingerprint density at radius 1 is 1.26 bits per heavy atom. The van der Waals surface area contributed by atoms with Gasteiger partial charge in [-0.2, -0.15) is 0 Å². The largest absolute Gasteiger partial charge is 0.514 e. The molecule has 0 aromatic heterocycles. The van der Waals surface area contributed by atoms with Crippen LogP contribution in [0.3, 0.4) is 0 Å². The van der Waals surface area contributed by atoms with E-state index in [4.69, 9.17) is 62.7 Å². The Morgan fingerprint density at radius 3 is 2.42 bits per heavy atom. The Kier molecular flexibility index (Phi) is 6.02. The first-order chi connectivity index (χ1) is 8.73. The zero-order valence-electron chi connectivity index (χ0n) is 8.96. The molecule has 0 aliphatic carbocycles. The quantitative estimate of drug-likeness (QED) is 0.337. The van der Waals surface area contributed by atoms with Crippen molar-refractivity contribution in [3.8, 4) is 5.75 Å². The normalized spacial score (nSPS) is 11.0. The Balaban J connectivity index is 2.82. The summed E-state index contributed by atoms with van der Waals surface area (Å²) in [5, 5.41) is 0.189. The van der Waals surface area contributed by atoms with Crippen LogP contribution in [0, 0.1) is 0 Å². The number of hydrogen-bond acceptors (Lipinski definition) is 4. The standard InChI is InChI=1S/C10H5Cl5O4/c11-6-1-5(3-16)8(7(12)2-6)19-9(17)18-4-10(13,14)15/h1-3H,4H2. The van der Waals surface area contributed by atoms with Crippen LogP contribution in [0.2, 0.25) is 10.0 Å². The Morgan fingerprint density at radius 2 is 1.89 bits per heavy atom. The molecule has 1 aromatic carbocycles. The van der Waals surface area contributed by atoms with E-state index < -0.39 is 16.6 Å². The molecule has 0 aliphatic rings. The van der Waals surface area contributed by atoms with E-state index in [-0.39, 0.29) is 21.4 Å². The fraction of sp³-hybridized carbons (Fsp3) is 0.200. The highest BCUT2D eigenvalue weighted by atomic mass is 35.6. The van der Waals surface area contributed by atoms with Crippen LogP contribution in [0.15, 0.2) is 12.1 Å². The van der Waals surface area contributed by atoms with Crippen LogP contribution in [-0.2, 0) is 4.74 Å². The van der Waals surface area contributed by atoms with Crippen LogP contribution < -0.4 is 4.74 Å². The molecule has 9 heteroatoms. The van der Waals surface area contributed by atoms with E-state index in [1.54, 1.807) is 0 Å². The van der Waals surface area contributed by atoms with Crippen molar-refractivity contribution in [1.29, 1.82) is 0 Å². The molecule has 0 fully saturated rings. The molecule has 0 radical (unpaired) electrons. The second-order valence-corrected chi connectivity index (χ2v) is 6.54. The highest BCUT2D eigenvalue weighted by Gasteiger charge is 2.24. The van der Waals surface area contributed by atoms with Gasteiger partial charge in [0.05, 0.1) is 10.6 Å². The Hall–Kier alpha value is -0.390. The third-order valence-electron chi connectivity index (χ3n) is 1.70. The zero-order valence-corrected chi connectivity index (χ0v) is 12.7. The van der Waals surface area contributed by atoms with E-state index in [1.165, 1.54) is 12.1 Å². The fourth-order valence-electron chi connectivity index (χ4n) is 1.03. The number of halogens is 5. The number of ether oxygens (including phenoxy) is 2. The molecule has 0 heterocycles. The van der Waals surface area contributed by atoms with Crippen molar-refractivity contribution in [1.82, 2.24) is 0 Å². The molecule has 0 aliphatic heterocycles. The molecule has 0 unspecified atom stereocenters. The summed E-state index contributed by atoms with van der Waals surface area (Å²) in [7, 11) is 0. The van der Waals surface area contributed by atoms with E-state index in [0.717, 1.165) is 0 Å². The molecule has 1 aromatic rings. The number of hydrogen-bond donors (Lipinski definition) is 0. The second kappa shape index (κ2) is 6.86. The van der Waals surface area contributed by atoms with Gasteiger partial charge in [-0.25, -0.2) is 4.79 Å². The number of benzene rings is 1.